The fourth-order valence-corrected chi connectivity index (χ4v) is 22.9. The molecule has 2 aliphatic heterocycles. The van der Waals surface area contributed by atoms with E-state index < -0.39 is 16.2 Å². The van der Waals surface area contributed by atoms with E-state index in [4.69, 9.17) is 0 Å². The normalized spacial score (nSPS) is 15.0. The maximum atomic E-state index is 2.78. The van der Waals surface area contributed by atoms with Gasteiger partial charge in [0.15, 0.2) is 0 Å². The molecule has 17 aromatic carbocycles. The summed E-state index contributed by atoms with van der Waals surface area (Å²) in [6.07, 6.45) is 0. The van der Waals surface area contributed by atoms with Crippen LogP contribution in [0.5, 0.6) is 0 Å². The number of benzene rings is 17. The van der Waals surface area contributed by atoms with Crippen molar-refractivity contribution in [3.8, 4) is 83.6 Å². The molecule has 0 atom stereocenters. The van der Waals surface area contributed by atoms with Gasteiger partial charge in [0.05, 0.1) is 38.7 Å². The van der Waals surface area contributed by atoms with E-state index in [2.05, 4.69) is 390 Å². The Morgan fingerprint density at radius 1 is 0.202 bits per heavy atom. The summed E-state index contributed by atoms with van der Waals surface area (Å²) in [5.41, 5.74) is 45.9. The number of para-hydroxylation sites is 2. The lowest BCUT2D eigenvalue weighted by Crippen LogP contribution is -2.62. The van der Waals surface area contributed by atoms with Gasteiger partial charge < -0.3 is 14.4 Å². The molecule has 26 rings (SSSR count). The maximum absolute atomic E-state index is 2.78. The van der Waals surface area contributed by atoms with Gasteiger partial charge in [-0.15, -0.1) is 0 Å². The van der Waals surface area contributed by atoms with Crippen molar-refractivity contribution < 1.29 is 0 Å². The number of hydrogen-bond acceptors (Lipinski definition) is 2. The van der Waals surface area contributed by atoms with Crippen molar-refractivity contribution >= 4 is 79.0 Å². The quantitative estimate of drug-likeness (QED) is 0.163. The third-order valence-electron chi connectivity index (χ3n) is 26.6. The predicted octanol–water partition coefficient (Wildman–Crippen LogP) is 23.6. The molecule has 0 amide bonds. The van der Waals surface area contributed by atoms with Crippen molar-refractivity contribution in [2.45, 2.75) is 16.2 Å². The summed E-state index contributed by atoms with van der Waals surface area (Å²) < 4.78 is 2.57. The molecule has 109 heavy (non-hydrogen) atoms. The molecule has 0 saturated heterocycles. The first kappa shape index (κ1) is 58.5. The number of anilines is 6. The molecule has 3 spiro atoms. The van der Waals surface area contributed by atoms with Crippen LogP contribution in [0.3, 0.4) is 0 Å². The summed E-state index contributed by atoms with van der Waals surface area (Å²) in [7, 11) is 0. The van der Waals surface area contributed by atoms with Gasteiger partial charge >= 0.3 is 0 Å². The summed E-state index contributed by atoms with van der Waals surface area (Å²) in [6, 6.07) is 146. The first-order valence-corrected chi connectivity index (χ1v) is 38.4. The summed E-state index contributed by atoms with van der Waals surface area (Å²) in [5, 5.41) is 2.44. The van der Waals surface area contributed by atoms with Crippen molar-refractivity contribution in [1.82, 2.24) is 4.57 Å². The molecule has 0 N–H and O–H groups in total. The standard InChI is InChI=1S/C105H62BN3/c1-2-27-63(28-3-1)64-53-55-65(56-54-64)107-96-62-90-78(73-35-10-21-46-85(73)105(90)83-44-19-8-33-71(83)72-34-9-20-45-84(72)105)61-91(96)106-101-97(107)59-66(108-92-50-24-13-36-74(92)75-37-14-25-51-93(75)108)60-98(101)109(94-52-26-49-88-99(94)76-38-11-22-47-86(76)103(88)79-40-15-4-29-67(79)68-30-5-16-41-80(68)103)95-58-57-89-100(102(95)106)77-39-12-23-48-87(77)104(89)81-42-17-6-31-69(81)70-32-7-18-43-82(70)104/h1-62H. The summed E-state index contributed by atoms with van der Waals surface area (Å²) in [4.78, 5) is 5.48. The fraction of sp³-hybridized carbons (Fsp3) is 0.0286. The van der Waals surface area contributed by atoms with E-state index in [-0.39, 0.29) is 6.71 Å². The average molecular weight is 1380 g/mol. The van der Waals surface area contributed by atoms with Gasteiger partial charge in [-0.25, -0.2) is 0 Å². The van der Waals surface area contributed by atoms with Crippen molar-refractivity contribution in [2.24, 2.45) is 0 Å². The van der Waals surface area contributed by atoms with Crippen molar-refractivity contribution in [3.63, 3.8) is 0 Å². The lowest BCUT2D eigenvalue weighted by Gasteiger charge is -2.46. The molecule has 1 aromatic heterocycles. The monoisotopic (exact) mass is 1380 g/mol. The highest BCUT2D eigenvalue weighted by Gasteiger charge is 2.59. The third-order valence-corrected chi connectivity index (χ3v) is 26.6. The van der Waals surface area contributed by atoms with Crippen molar-refractivity contribution in [3.05, 3.63) is 443 Å². The average Bonchev–Trinajstić information content (AvgIpc) is 1.49. The van der Waals surface area contributed by atoms with Gasteiger partial charge in [-0.1, -0.05) is 322 Å². The van der Waals surface area contributed by atoms with Crippen LogP contribution in [0.2, 0.25) is 0 Å². The first-order valence-electron chi connectivity index (χ1n) is 38.4. The lowest BCUT2D eigenvalue weighted by molar-refractivity contribution is 0.793. The van der Waals surface area contributed by atoms with Crippen LogP contribution in [0, 0.1) is 0 Å². The number of rotatable bonds is 4. The zero-order chi connectivity index (χ0) is 70.7. The molecular weight excluding hydrogens is 1310 g/mol. The Labute approximate surface area is 631 Å². The minimum Gasteiger partial charge on any atom is -0.311 e. The number of aromatic nitrogens is 1. The molecule has 500 valence electrons. The van der Waals surface area contributed by atoms with Gasteiger partial charge in [0.1, 0.15) is 0 Å². The molecule has 4 heteroatoms. The molecule has 3 nitrogen and oxygen atoms in total. The molecule has 18 aromatic rings. The molecule has 0 fully saturated rings. The van der Waals surface area contributed by atoms with Crippen LogP contribution >= 0.6 is 0 Å². The fourth-order valence-electron chi connectivity index (χ4n) is 22.9. The zero-order valence-electron chi connectivity index (χ0n) is 59.2. The Morgan fingerprint density at radius 3 is 1.07 bits per heavy atom. The third kappa shape index (κ3) is 6.92. The maximum Gasteiger partial charge on any atom is 0.252 e. The summed E-state index contributed by atoms with van der Waals surface area (Å²) >= 11 is 0. The second-order valence-corrected chi connectivity index (χ2v) is 31.0. The van der Waals surface area contributed by atoms with E-state index in [1.54, 1.807) is 0 Å². The highest BCUT2D eigenvalue weighted by Crippen LogP contribution is 2.69. The van der Waals surface area contributed by atoms with Crippen LogP contribution < -0.4 is 26.2 Å². The van der Waals surface area contributed by atoms with E-state index in [0.717, 1.165) is 39.5 Å². The number of hydrogen-bond donors (Lipinski definition) is 0. The first-order chi connectivity index (χ1) is 54.1. The molecule has 0 unspecified atom stereocenters. The molecule has 6 aliphatic carbocycles. The highest BCUT2D eigenvalue weighted by molar-refractivity contribution is 7.01. The van der Waals surface area contributed by atoms with Crippen LogP contribution in [0.4, 0.5) is 34.1 Å². The molecule has 0 bridgehead atoms. The Balaban J connectivity index is 0.855. The number of fused-ring (bicyclic) bond motifs is 38. The SMILES string of the molecule is c1ccc(-c2ccc(N3c4cc5c(cc4B4c6c3cc(-n3c7ccccc7c7ccccc73)cc6N(c3cccc6c3-c3ccccc3C63c6ccccc6-c6ccccc63)c3ccc6c(c34)-c3ccccc3C63c4ccccc4-c4ccccc43)-c3ccccc3C53c4ccccc4-c4ccccc43)cc2)cc1. The highest BCUT2D eigenvalue weighted by atomic mass is 15.2. The van der Waals surface area contributed by atoms with Gasteiger partial charge in [-0.3, -0.25) is 0 Å². The zero-order valence-corrected chi connectivity index (χ0v) is 59.2. The van der Waals surface area contributed by atoms with Gasteiger partial charge in [0.2, 0.25) is 0 Å². The van der Waals surface area contributed by atoms with E-state index >= 15 is 0 Å². The van der Waals surface area contributed by atoms with Crippen LogP contribution in [0.15, 0.2) is 376 Å². The van der Waals surface area contributed by atoms with E-state index in [1.165, 1.54) is 183 Å². The van der Waals surface area contributed by atoms with E-state index in [1.807, 2.05) is 0 Å². The Bertz CT molecular complexity index is 6960. The van der Waals surface area contributed by atoms with Crippen LogP contribution in [-0.4, -0.2) is 11.3 Å². The van der Waals surface area contributed by atoms with Gasteiger partial charge in [0, 0.05) is 44.8 Å². The van der Waals surface area contributed by atoms with Crippen LogP contribution in [0.25, 0.3) is 105 Å². The van der Waals surface area contributed by atoms with Gasteiger partial charge in [0.25, 0.3) is 6.71 Å². The second-order valence-electron chi connectivity index (χ2n) is 31.0. The molecule has 8 aliphatic rings. The van der Waals surface area contributed by atoms with Gasteiger partial charge in [-0.05, 0) is 210 Å². The number of nitrogens with zero attached hydrogens (tertiary/aromatic N) is 3. The molecular formula is C105H62BN3. The molecule has 0 radical (unpaired) electrons. The van der Waals surface area contributed by atoms with Crippen molar-refractivity contribution in [2.75, 3.05) is 9.80 Å². The van der Waals surface area contributed by atoms with E-state index in [9.17, 15) is 0 Å². The van der Waals surface area contributed by atoms with Gasteiger partial charge in [-0.2, -0.15) is 0 Å². The molecule has 3 heterocycles. The summed E-state index contributed by atoms with van der Waals surface area (Å²) in [5.74, 6) is 0. The van der Waals surface area contributed by atoms with Crippen molar-refractivity contribution in [1.29, 1.82) is 0 Å². The minimum atomic E-state index is -0.623. The molecule has 0 saturated carbocycles. The largest absolute Gasteiger partial charge is 0.311 e. The van der Waals surface area contributed by atoms with E-state index in [0.29, 0.717) is 0 Å². The summed E-state index contributed by atoms with van der Waals surface area (Å²) in [6.45, 7) is -0.315. The second kappa shape index (κ2) is 20.8. The Kier molecular flexibility index (Phi) is 11.2. The predicted molar refractivity (Wildman–Crippen MR) is 449 cm³/mol. The topological polar surface area (TPSA) is 11.4 Å². The van der Waals surface area contributed by atoms with Crippen LogP contribution in [0.1, 0.15) is 66.8 Å². The lowest BCUT2D eigenvalue weighted by atomic mass is 9.32. The van der Waals surface area contributed by atoms with Crippen LogP contribution in [-0.2, 0) is 16.2 Å². The Hall–Kier alpha value is -13.8. The smallest absolute Gasteiger partial charge is 0.252 e. The minimum absolute atomic E-state index is 0.315. The Morgan fingerprint density at radius 2 is 0.578 bits per heavy atom.